The van der Waals surface area contributed by atoms with Crippen LogP contribution < -0.4 is 0 Å². The highest BCUT2D eigenvalue weighted by Gasteiger charge is 2.41. The number of rotatable bonds is 2. The van der Waals surface area contributed by atoms with Crippen LogP contribution >= 0.6 is 11.6 Å². The minimum absolute atomic E-state index is 0.379. The van der Waals surface area contributed by atoms with E-state index < -0.39 is 28.5 Å². The number of aliphatic hydroxyl groups excluding tert-OH is 1. The Hall–Kier alpha value is -1.34. The summed E-state index contributed by atoms with van der Waals surface area (Å²) in [4.78, 5) is 9.46. The van der Waals surface area contributed by atoms with Crippen LogP contribution in [0.15, 0.2) is 18.2 Å². The van der Waals surface area contributed by atoms with Gasteiger partial charge < -0.3 is 5.11 Å². The number of hydrogen-bond acceptors (Lipinski definition) is 3. The van der Waals surface area contributed by atoms with Gasteiger partial charge in [0, 0.05) is 22.7 Å². The molecule has 0 fully saturated rings. The van der Waals surface area contributed by atoms with Crippen molar-refractivity contribution in [2.75, 3.05) is 0 Å². The Morgan fingerprint density at radius 2 is 2.00 bits per heavy atom. The van der Waals surface area contributed by atoms with Gasteiger partial charge in [-0.2, -0.15) is 13.2 Å². The molecule has 1 atom stereocenters. The first-order valence-corrected chi connectivity index (χ1v) is 4.30. The Bertz CT molecular complexity index is 421. The quantitative estimate of drug-likeness (QED) is 0.653. The van der Waals surface area contributed by atoms with Gasteiger partial charge in [0.2, 0.25) is 0 Å². The zero-order valence-corrected chi connectivity index (χ0v) is 8.29. The summed E-state index contributed by atoms with van der Waals surface area (Å²) in [7, 11) is 0. The van der Waals surface area contributed by atoms with Gasteiger partial charge in [-0.15, -0.1) is 0 Å². The lowest BCUT2D eigenvalue weighted by atomic mass is 10.1. The van der Waals surface area contributed by atoms with Crippen molar-refractivity contribution >= 4 is 17.3 Å². The molecule has 0 bridgehead atoms. The van der Waals surface area contributed by atoms with E-state index >= 15 is 0 Å². The highest BCUT2D eigenvalue weighted by Crippen LogP contribution is 2.37. The molecule has 0 aliphatic heterocycles. The number of nitro benzene ring substituents is 1. The van der Waals surface area contributed by atoms with E-state index in [2.05, 4.69) is 0 Å². The molecular weight excluding hydrogens is 251 g/mol. The second-order valence-electron chi connectivity index (χ2n) is 2.91. The van der Waals surface area contributed by atoms with E-state index in [9.17, 15) is 23.3 Å². The summed E-state index contributed by atoms with van der Waals surface area (Å²) in [6, 6.07) is 2.49. The average molecular weight is 256 g/mol. The van der Waals surface area contributed by atoms with Crippen molar-refractivity contribution in [3.05, 3.63) is 38.9 Å². The van der Waals surface area contributed by atoms with E-state index in [4.69, 9.17) is 16.7 Å². The lowest BCUT2D eigenvalue weighted by molar-refractivity contribution is -0.385. The minimum Gasteiger partial charge on any atom is -0.379 e. The normalized spacial score (nSPS) is 13.6. The molecular formula is C8H5ClF3NO3. The molecule has 1 aromatic carbocycles. The fourth-order valence-corrected chi connectivity index (χ4v) is 1.25. The van der Waals surface area contributed by atoms with Gasteiger partial charge in [-0.3, -0.25) is 10.1 Å². The maximum Gasteiger partial charge on any atom is 0.418 e. The van der Waals surface area contributed by atoms with Crippen molar-refractivity contribution in [1.82, 2.24) is 0 Å². The SMILES string of the molecule is O=[N+]([O-])c1ccc(Cl)c(C(O)C(F)(F)F)c1. The molecule has 1 N–H and O–H groups in total. The van der Waals surface area contributed by atoms with Gasteiger partial charge in [0.1, 0.15) is 0 Å². The van der Waals surface area contributed by atoms with Crippen LogP contribution in [0.4, 0.5) is 18.9 Å². The molecule has 0 aromatic heterocycles. The monoisotopic (exact) mass is 255 g/mol. The Labute approximate surface area is 92.4 Å². The zero-order chi connectivity index (χ0) is 12.5. The van der Waals surface area contributed by atoms with E-state index in [1.807, 2.05) is 0 Å². The molecule has 0 saturated heterocycles. The Kier molecular flexibility index (Phi) is 3.39. The molecule has 1 rings (SSSR count). The molecule has 1 unspecified atom stereocenters. The predicted octanol–water partition coefficient (Wildman–Crippen LogP) is 2.84. The summed E-state index contributed by atoms with van der Waals surface area (Å²) in [5.74, 6) is 0. The Morgan fingerprint density at radius 3 is 2.44 bits per heavy atom. The van der Waals surface area contributed by atoms with Gasteiger partial charge in [-0.1, -0.05) is 11.6 Å². The number of aliphatic hydroxyl groups is 1. The molecule has 0 aliphatic rings. The van der Waals surface area contributed by atoms with Crippen LogP contribution in [0.3, 0.4) is 0 Å². The summed E-state index contributed by atoms with van der Waals surface area (Å²) < 4.78 is 36.5. The van der Waals surface area contributed by atoms with Crippen molar-refractivity contribution in [3.63, 3.8) is 0 Å². The highest BCUT2D eigenvalue weighted by molar-refractivity contribution is 6.31. The number of non-ortho nitro benzene ring substituents is 1. The van der Waals surface area contributed by atoms with Crippen LogP contribution in [0.5, 0.6) is 0 Å². The molecule has 8 heteroatoms. The minimum atomic E-state index is -4.92. The highest BCUT2D eigenvalue weighted by atomic mass is 35.5. The van der Waals surface area contributed by atoms with Crippen molar-refractivity contribution in [1.29, 1.82) is 0 Å². The van der Waals surface area contributed by atoms with E-state index in [1.54, 1.807) is 0 Å². The number of halogens is 4. The Balaban J connectivity index is 3.22. The van der Waals surface area contributed by atoms with Crippen molar-refractivity contribution in [3.8, 4) is 0 Å². The molecule has 0 heterocycles. The first kappa shape index (κ1) is 12.7. The lowest BCUT2D eigenvalue weighted by Crippen LogP contribution is -2.20. The number of alkyl halides is 3. The fraction of sp³-hybridized carbons (Fsp3) is 0.250. The van der Waals surface area contributed by atoms with Gasteiger partial charge in [0.05, 0.1) is 4.92 Å². The van der Waals surface area contributed by atoms with Crippen molar-refractivity contribution in [2.24, 2.45) is 0 Å². The topological polar surface area (TPSA) is 63.4 Å². The third kappa shape index (κ3) is 2.61. The number of nitrogens with zero attached hydrogens (tertiary/aromatic N) is 1. The van der Waals surface area contributed by atoms with Crippen LogP contribution in [0.1, 0.15) is 11.7 Å². The second kappa shape index (κ2) is 4.26. The first-order chi connectivity index (χ1) is 7.23. The smallest absolute Gasteiger partial charge is 0.379 e. The second-order valence-corrected chi connectivity index (χ2v) is 3.31. The van der Waals surface area contributed by atoms with Gasteiger partial charge >= 0.3 is 6.18 Å². The summed E-state index contributed by atoms with van der Waals surface area (Å²) in [6.45, 7) is 0. The van der Waals surface area contributed by atoms with Gasteiger partial charge in [0.15, 0.2) is 6.10 Å². The summed E-state index contributed by atoms with van der Waals surface area (Å²) in [6.07, 6.45) is -7.75. The van der Waals surface area contributed by atoms with Crippen LogP contribution in [-0.4, -0.2) is 16.2 Å². The molecule has 1 aromatic rings. The average Bonchev–Trinajstić information content (AvgIpc) is 2.15. The molecule has 0 radical (unpaired) electrons. The van der Waals surface area contributed by atoms with Crippen LogP contribution in [0, 0.1) is 10.1 Å². The largest absolute Gasteiger partial charge is 0.418 e. The number of benzene rings is 1. The van der Waals surface area contributed by atoms with Gasteiger partial charge in [0.25, 0.3) is 5.69 Å². The van der Waals surface area contributed by atoms with Crippen molar-refractivity contribution < 1.29 is 23.2 Å². The molecule has 0 spiro atoms. The number of hydrogen-bond donors (Lipinski definition) is 1. The van der Waals surface area contributed by atoms with E-state index in [1.165, 1.54) is 0 Å². The van der Waals surface area contributed by atoms with Crippen LogP contribution in [-0.2, 0) is 0 Å². The standard InChI is InChI=1S/C8H5ClF3NO3/c9-6-2-1-4(13(15)16)3-5(6)7(14)8(10,11)12/h1-3,7,14H. The van der Waals surface area contributed by atoms with Crippen LogP contribution in [0.2, 0.25) is 5.02 Å². The maximum absolute atomic E-state index is 12.2. The Morgan fingerprint density at radius 1 is 1.44 bits per heavy atom. The first-order valence-electron chi connectivity index (χ1n) is 3.92. The molecule has 88 valence electrons. The third-order valence-electron chi connectivity index (χ3n) is 1.80. The van der Waals surface area contributed by atoms with Gasteiger partial charge in [-0.25, -0.2) is 0 Å². The summed E-state index contributed by atoms with van der Waals surface area (Å²) >= 11 is 5.42. The van der Waals surface area contributed by atoms with Crippen LogP contribution in [0.25, 0.3) is 0 Å². The summed E-state index contributed by atoms with van der Waals surface area (Å²) in [5, 5.41) is 18.9. The third-order valence-corrected chi connectivity index (χ3v) is 2.14. The molecule has 4 nitrogen and oxygen atoms in total. The molecule has 0 saturated carbocycles. The van der Waals surface area contributed by atoms with Gasteiger partial charge in [-0.05, 0) is 6.07 Å². The zero-order valence-electron chi connectivity index (χ0n) is 7.53. The predicted molar refractivity (Wildman–Crippen MR) is 49.1 cm³/mol. The maximum atomic E-state index is 12.2. The molecule has 0 amide bonds. The number of nitro groups is 1. The van der Waals surface area contributed by atoms with Crippen molar-refractivity contribution in [2.45, 2.75) is 12.3 Å². The van der Waals surface area contributed by atoms with E-state index in [-0.39, 0.29) is 5.02 Å². The lowest BCUT2D eigenvalue weighted by Gasteiger charge is -2.15. The summed E-state index contributed by atoms with van der Waals surface area (Å²) in [5.41, 5.74) is -1.30. The van der Waals surface area contributed by atoms with E-state index in [0.29, 0.717) is 6.07 Å². The van der Waals surface area contributed by atoms with E-state index in [0.717, 1.165) is 12.1 Å². The molecule has 16 heavy (non-hydrogen) atoms. The molecule has 0 aliphatic carbocycles. The fourth-order valence-electron chi connectivity index (χ4n) is 1.03.